The third-order valence-corrected chi connectivity index (χ3v) is 6.26. The van der Waals surface area contributed by atoms with Crippen molar-refractivity contribution >= 4 is 39.1 Å². The van der Waals surface area contributed by atoms with Crippen molar-refractivity contribution in [3.63, 3.8) is 0 Å². The van der Waals surface area contributed by atoms with Gasteiger partial charge >= 0.3 is 5.97 Å². The molecule has 5 nitrogen and oxygen atoms in total. The molecule has 0 radical (unpaired) electrons. The summed E-state index contributed by atoms with van der Waals surface area (Å²) in [6.07, 6.45) is 3.87. The van der Waals surface area contributed by atoms with E-state index in [2.05, 4.69) is 5.32 Å². The first kappa shape index (κ1) is 18.6. The first-order chi connectivity index (χ1) is 12.4. The van der Waals surface area contributed by atoms with Crippen LogP contribution in [0.1, 0.15) is 54.3 Å². The SMILES string of the molecule is CC(=O)NC1(C(=O)OCC(=O)c2sc3ccccc3c2C)CCCCC1. The van der Waals surface area contributed by atoms with Gasteiger partial charge in [0.2, 0.25) is 11.7 Å². The highest BCUT2D eigenvalue weighted by atomic mass is 32.1. The summed E-state index contributed by atoms with van der Waals surface area (Å²) in [5.74, 6) is -0.958. The number of aryl methyl sites for hydroxylation is 1. The summed E-state index contributed by atoms with van der Waals surface area (Å²) in [4.78, 5) is 37.4. The van der Waals surface area contributed by atoms with Crippen LogP contribution in [0, 0.1) is 6.92 Å². The molecule has 0 bridgehead atoms. The first-order valence-electron chi connectivity index (χ1n) is 8.90. The zero-order valence-corrected chi connectivity index (χ0v) is 15.9. The van der Waals surface area contributed by atoms with Gasteiger partial charge in [0.25, 0.3) is 0 Å². The summed E-state index contributed by atoms with van der Waals surface area (Å²) in [5, 5.41) is 3.82. The van der Waals surface area contributed by atoms with E-state index >= 15 is 0 Å². The highest BCUT2D eigenvalue weighted by Gasteiger charge is 2.42. The Hall–Kier alpha value is -2.21. The van der Waals surface area contributed by atoms with E-state index in [-0.39, 0.29) is 18.3 Å². The first-order valence-corrected chi connectivity index (χ1v) is 9.72. The van der Waals surface area contributed by atoms with Gasteiger partial charge in [-0.25, -0.2) is 4.79 Å². The molecule has 1 aromatic carbocycles. The minimum absolute atomic E-state index is 0.203. The number of thiophene rings is 1. The Kier molecular flexibility index (Phi) is 5.41. The average molecular weight is 373 g/mol. The molecular formula is C20H23NO4S. The van der Waals surface area contributed by atoms with Gasteiger partial charge in [0.1, 0.15) is 5.54 Å². The van der Waals surface area contributed by atoms with Crippen molar-refractivity contribution in [3.8, 4) is 0 Å². The predicted molar refractivity (Wildman–Crippen MR) is 101 cm³/mol. The third-order valence-electron chi connectivity index (χ3n) is 4.94. The highest BCUT2D eigenvalue weighted by molar-refractivity contribution is 7.21. The number of carbonyl (C=O) groups is 3. The van der Waals surface area contributed by atoms with Crippen LogP contribution in [-0.2, 0) is 14.3 Å². The second kappa shape index (κ2) is 7.58. The van der Waals surface area contributed by atoms with Crippen molar-refractivity contribution in [2.24, 2.45) is 0 Å². The number of ether oxygens (including phenoxy) is 1. The van der Waals surface area contributed by atoms with Gasteiger partial charge < -0.3 is 10.1 Å². The number of nitrogens with one attached hydrogen (secondary N) is 1. The second-order valence-electron chi connectivity index (χ2n) is 6.88. The van der Waals surface area contributed by atoms with Crippen molar-refractivity contribution in [2.45, 2.75) is 51.5 Å². The van der Waals surface area contributed by atoms with Gasteiger partial charge in [-0.2, -0.15) is 0 Å². The molecular weight excluding hydrogens is 350 g/mol. The number of hydrogen-bond donors (Lipinski definition) is 1. The van der Waals surface area contributed by atoms with Crippen LogP contribution in [0.3, 0.4) is 0 Å². The van der Waals surface area contributed by atoms with Gasteiger partial charge in [0.15, 0.2) is 6.61 Å². The van der Waals surface area contributed by atoms with Gasteiger partial charge in [0, 0.05) is 11.6 Å². The van der Waals surface area contributed by atoms with Crippen molar-refractivity contribution in [1.29, 1.82) is 0 Å². The zero-order chi connectivity index (χ0) is 18.7. The lowest BCUT2D eigenvalue weighted by atomic mass is 9.81. The molecule has 1 saturated carbocycles. The molecule has 0 spiro atoms. The third kappa shape index (κ3) is 3.65. The molecule has 0 saturated heterocycles. The largest absolute Gasteiger partial charge is 0.456 e. The Morgan fingerprint density at radius 3 is 2.50 bits per heavy atom. The fraction of sp³-hybridized carbons (Fsp3) is 0.450. The maximum absolute atomic E-state index is 12.7. The number of amides is 1. The summed E-state index contributed by atoms with van der Waals surface area (Å²) in [7, 11) is 0. The number of fused-ring (bicyclic) bond motifs is 1. The van der Waals surface area contributed by atoms with Gasteiger partial charge in [0.05, 0.1) is 4.88 Å². The number of ketones is 1. The van der Waals surface area contributed by atoms with Crippen LogP contribution in [0.4, 0.5) is 0 Å². The zero-order valence-electron chi connectivity index (χ0n) is 15.1. The van der Waals surface area contributed by atoms with Crippen molar-refractivity contribution in [1.82, 2.24) is 5.32 Å². The molecule has 1 fully saturated rings. The molecule has 26 heavy (non-hydrogen) atoms. The summed E-state index contributed by atoms with van der Waals surface area (Å²) in [5.41, 5.74) is -0.0690. The predicted octanol–water partition coefficient (Wildman–Crippen LogP) is 3.77. The van der Waals surface area contributed by atoms with E-state index in [1.807, 2.05) is 31.2 Å². The summed E-state index contributed by atoms with van der Waals surface area (Å²) in [6, 6.07) is 7.84. The lowest BCUT2D eigenvalue weighted by Crippen LogP contribution is -2.56. The Balaban J connectivity index is 1.72. The molecule has 1 aliphatic rings. The van der Waals surface area contributed by atoms with Crippen LogP contribution in [0.25, 0.3) is 10.1 Å². The van der Waals surface area contributed by atoms with Gasteiger partial charge in [-0.3, -0.25) is 9.59 Å². The molecule has 0 unspecified atom stereocenters. The van der Waals surface area contributed by atoms with E-state index in [0.29, 0.717) is 17.7 Å². The maximum Gasteiger partial charge on any atom is 0.332 e. The summed E-state index contributed by atoms with van der Waals surface area (Å²) >= 11 is 1.42. The molecule has 3 rings (SSSR count). The molecule has 6 heteroatoms. The molecule has 1 amide bonds. The van der Waals surface area contributed by atoms with Crippen LogP contribution in [0.2, 0.25) is 0 Å². The molecule has 0 aliphatic heterocycles. The van der Waals surface area contributed by atoms with Gasteiger partial charge in [-0.05, 0) is 36.8 Å². The molecule has 1 aromatic heterocycles. The second-order valence-corrected chi connectivity index (χ2v) is 7.93. The minimum atomic E-state index is -0.987. The smallest absolute Gasteiger partial charge is 0.332 e. The lowest BCUT2D eigenvalue weighted by Gasteiger charge is -2.35. The quantitative estimate of drug-likeness (QED) is 0.639. The molecule has 1 N–H and O–H groups in total. The molecule has 2 aromatic rings. The number of hydrogen-bond acceptors (Lipinski definition) is 5. The van der Waals surface area contributed by atoms with Gasteiger partial charge in [-0.15, -0.1) is 11.3 Å². The standard InChI is InChI=1S/C20H23NO4S/c1-13-15-8-4-5-9-17(15)26-18(13)16(23)12-25-19(24)20(21-14(2)22)10-6-3-7-11-20/h4-5,8-9H,3,6-7,10-12H2,1-2H3,(H,21,22). The van der Waals surface area contributed by atoms with E-state index in [1.165, 1.54) is 18.3 Å². The Labute approximate surface area is 156 Å². The summed E-state index contributed by atoms with van der Waals surface area (Å²) in [6.45, 7) is 3.01. The number of Topliss-reactive ketones (excluding diaryl/α,β-unsaturated/α-hetero) is 1. The van der Waals surface area contributed by atoms with E-state index in [4.69, 9.17) is 4.74 Å². The van der Waals surface area contributed by atoms with Crippen LogP contribution in [-0.4, -0.2) is 29.8 Å². The maximum atomic E-state index is 12.7. The Morgan fingerprint density at radius 1 is 1.15 bits per heavy atom. The highest BCUT2D eigenvalue weighted by Crippen LogP contribution is 2.32. The Morgan fingerprint density at radius 2 is 1.85 bits per heavy atom. The molecule has 1 aliphatic carbocycles. The monoisotopic (exact) mass is 373 g/mol. The lowest BCUT2D eigenvalue weighted by molar-refractivity contribution is -0.154. The van der Waals surface area contributed by atoms with E-state index in [0.717, 1.165) is 34.9 Å². The topological polar surface area (TPSA) is 72.5 Å². The number of rotatable bonds is 5. The number of esters is 1. The molecule has 0 atom stereocenters. The minimum Gasteiger partial charge on any atom is -0.456 e. The van der Waals surface area contributed by atoms with Crippen LogP contribution in [0.15, 0.2) is 24.3 Å². The fourth-order valence-corrected chi connectivity index (χ4v) is 4.78. The van der Waals surface area contributed by atoms with Crippen molar-refractivity contribution < 1.29 is 19.1 Å². The number of carbonyl (C=O) groups excluding carboxylic acids is 3. The number of benzene rings is 1. The van der Waals surface area contributed by atoms with Gasteiger partial charge in [-0.1, -0.05) is 37.5 Å². The van der Waals surface area contributed by atoms with E-state index in [9.17, 15) is 14.4 Å². The van der Waals surface area contributed by atoms with Crippen LogP contribution >= 0.6 is 11.3 Å². The average Bonchev–Trinajstić information content (AvgIpc) is 2.97. The fourth-order valence-electron chi connectivity index (χ4n) is 3.65. The van der Waals surface area contributed by atoms with Crippen molar-refractivity contribution in [2.75, 3.05) is 6.61 Å². The molecule has 138 valence electrons. The van der Waals surface area contributed by atoms with Crippen molar-refractivity contribution in [3.05, 3.63) is 34.7 Å². The van der Waals surface area contributed by atoms with Crippen LogP contribution < -0.4 is 5.32 Å². The van der Waals surface area contributed by atoms with E-state index < -0.39 is 11.5 Å². The Bertz CT molecular complexity index is 849. The molecule has 1 heterocycles. The van der Waals surface area contributed by atoms with E-state index in [1.54, 1.807) is 0 Å². The van der Waals surface area contributed by atoms with Crippen LogP contribution in [0.5, 0.6) is 0 Å². The normalized spacial score (nSPS) is 16.2. The summed E-state index contributed by atoms with van der Waals surface area (Å²) < 4.78 is 6.40.